The van der Waals surface area contributed by atoms with Crippen LogP contribution in [0.1, 0.15) is 79.6 Å². The normalized spacial score (nSPS) is 23.7. The summed E-state index contributed by atoms with van der Waals surface area (Å²) in [5, 5.41) is 10.8. The molecule has 1 saturated heterocycles. The predicted octanol–water partition coefficient (Wildman–Crippen LogP) is 5.68. The molecule has 44 heavy (non-hydrogen) atoms. The molecule has 4 aliphatic rings. The first-order valence-electron chi connectivity index (χ1n) is 14.7. The molecule has 5 heterocycles. The average Bonchev–Trinajstić information content (AvgIpc) is 3.74. The van der Waals surface area contributed by atoms with E-state index in [1.165, 1.54) is 16.7 Å². The molecule has 3 aromatic rings. The number of halogens is 5. The number of alkyl halides is 3. The number of piperidine rings is 1. The zero-order valence-corrected chi connectivity index (χ0v) is 23.5. The van der Waals surface area contributed by atoms with Gasteiger partial charge in [-0.3, -0.25) is 10.1 Å². The fourth-order valence-electron chi connectivity index (χ4n) is 7.09. The molecule has 3 aliphatic heterocycles. The largest absolute Gasteiger partial charge is 0.437 e. The number of likely N-dealkylation sites (tertiary alicyclic amines) is 1. The Morgan fingerprint density at radius 3 is 2.55 bits per heavy atom. The summed E-state index contributed by atoms with van der Waals surface area (Å²) in [5.74, 6) is -3.05. The van der Waals surface area contributed by atoms with E-state index < -0.39 is 46.8 Å². The molecule has 0 radical (unpaired) electrons. The van der Waals surface area contributed by atoms with Crippen LogP contribution >= 0.6 is 0 Å². The van der Waals surface area contributed by atoms with Gasteiger partial charge in [-0.05, 0) is 49.4 Å². The van der Waals surface area contributed by atoms with Crippen molar-refractivity contribution in [2.24, 2.45) is 0 Å². The van der Waals surface area contributed by atoms with E-state index in [1.54, 1.807) is 17.2 Å². The fourth-order valence-corrected chi connectivity index (χ4v) is 7.09. The Hall–Kier alpha value is -4.10. The lowest BCUT2D eigenvalue weighted by Crippen LogP contribution is -2.50. The van der Waals surface area contributed by atoms with E-state index in [1.807, 2.05) is 6.07 Å². The third-order valence-electron chi connectivity index (χ3n) is 9.70. The number of hydrogen-bond acceptors (Lipinski definition) is 6. The lowest BCUT2D eigenvalue weighted by Gasteiger charge is -2.43. The van der Waals surface area contributed by atoms with Crippen LogP contribution in [-0.2, 0) is 27.1 Å². The number of hydrogen-bond donors (Lipinski definition) is 1. The number of ether oxygens (including phenoxy) is 1. The molecule has 14 heteroatoms. The van der Waals surface area contributed by atoms with Crippen molar-refractivity contribution in [2.45, 2.75) is 80.5 Å². The summed E-state index contributed by atoms with van der Waals surface area (Å²) in [5.41, 5.74) is -2.24. The predicted molar refractivity (Wildman–Crippen MR) is 145 cm³/mol. The Bertz CT molecular complexity index is 1630. The molecule has 1 aromatic carbocycles. The van der Waals surface area contributed by atoms with Crippen LogP contribution < -0.4 is 5.32 Å². The molecular weight excluding hydrogens is 587 g/mol. The smallest absolute Gasteiger partial charge is 0.413 e. The van der Waals surface area contributed by atoms with Gasteiger partial charge < -0.3 is 14.2 Å². The third-order valence-corrected chi connectivity index (χ3v) is 9.70. The van der Waals surface area contributed by atoms with Crippen molar-refractivity contribution >= 4 is 17.8 Å². The minimum Gasteiger partial charge on any atom is -0.437 e. The fraction of sp³-hybridized carbons (Fsp3) is 0.500. The number of aromatic nitrogens is 4. The summed E-state index contributed by atoms with van der Waals surface area (Å²) < 4.78 is 78.8. The highest BCUT2D eigenvalue weighted by atomic mass is 19.4. The average molecular weight is 617 g/mol. The highest BCUT2D eigenvalue weighted by Crippen LogP contribution is 2.59. The maximum atomic E-state index is 14.9. The first kappa shape index (κ1) is 28.7. The Kier molecular flexibility index (Phi) is 6.66. The minimum absolute atomic E-state index is 0.0397. The van der Waals surface area contributed by atoms with Gasteiger partial charge in [0.25, 0.3) is 0 Å². The van der Waals surface area contributed by atoms with Crippen molar-refractivity contribution in [3.8, 4) is 0 Å². The quantitative estimate of drug-likeness (QED) is 0.379. The Morgan fingerprint density at radius 1 is 1.05 bits per heavy atom. The number of nitrogens with zero attached hydrogens (tertiary/aromatic N) is 5. The topological polar surface area (TPSA) is 102 Å². The summed E-state index contributed by atoms with van der Waals surface area (Å²) in [7, 11) is 0. The van der Waals surface area contributed by atoms with Crippen molar-refractivity contribution in [2.75, 3.05) is 18.4 Å². The van der Waals surface area contributed by atoms with Gasteiger partial charge in [0.15, 0.2) is 11.6 Å². The maximum Gasteiger partial charge on any atom is 0.413 e. The van der Waals surface area contributed by atoms with Gasteiger partial charge in [0.05, 0.1) is 0 Å². The Morgan fingerprint density at radius 2 is 1.82 bits per heavy atom. The molecular formula is C30H29F5N6O3. The van der Waals surface area contributed by atoms with Crippen molar-refractivity contribution in [1.29, 1.82) is 0 Å². The molecule has 1 saturated carbocycles. The van der Waals surface area contributed by atoms with E-state index in [2.05, 4.69) is 20.5 Å². The van der Waals surface area contributed by atoms with Gasteiger partial charge in [-0.15, -0.1) is 10.2 Å². The number of fused-ring (bicyclic) bond motifs is 3. The number of carbonyl (C=O) groups is 2. The first-order valence-corrected chi connectivity index (χ1v) is 14.7. The maximum absolute atomic E-state index is 14.9. The standard InChI is InChI=1S/C30H29F5N6O3/c31-21-5-1-3-19(23(21)32)18-7-6-17(25-38-39-26(41(25)16-18)28(8-9-28)30(33,34)35)15-22(42)40-13-10-29(11-14-40)20-4-2-12-36-24(20)37-27(43)44-29/h1-5,12,17-18H,6-11,13-16H2,(H,36,37,43)/t17-,18+/m1/s1. The number of rotatable bonds is 4. The highest BCUT2D eigenvalue weighted by molar-refractivity contribution is 5.87. The van der Waals surface area contributed by atoms with Gasteiger partial charge in [-0.25, -0.2) is 18.6 Å². The van der Waals surface area contributed by atoms with E-state index in [0.29, 0.717) is 44.6 Å². The molecule has 1 N–H and O–H groups in total. The number of benzene rings is 1. The van der Waals surface area contributed by atoms with Gasteiger partial charge >= 0.3 is 12.3 Å². The summed E-state index contributed by atoms with van der Waals surface area (Å²) >= 11 is 0. The summed E-state index contributed by atoms with van der Waals surface area (Å²) in [6.07, 6.45) is -2.56. The van der Waals surface area contributed by atoms with Crippen molar-refractivity contribution < 1.29 is 36.3 Å². The van der Waals surface area contributed by atoms with E-state index in [-0.39, 0.29) is 48.9 Å². The minimum atomic E-state index is -4.55. The molecule has 2 fully saturated rings. The second-order valence-corrected chi connectivity index (χ2v) is 12.2. The molecule has 2 amide bonds. The van der Waals surface area contributed by atoms with Gasteiger partial charge in [-0.1, -0.05) is 12.1 Å². The number of nitrogens with one attached hydrogen (secondary N) is 1. The van der Waals surface area contributed by atoms with Crippen molar-refractivity contribution in [3.63, 3.8) is 0 Å². The van der Waals surface area contributed by atoms with Gasteiger partial charge in [0.2, 0.25) is 5.91 Å². The first-order chi connectivity index (χ1) is 21.0. The van der Waals surface area contributed by atoms with E-state index in [9.17, 15) is 31.5 Å². The van der Waals surface area contributed by atoms with Gasteiger partial charge in [-0.2, -0.15) is 13.2 Å². The van der Waals surface area contributed by atoms with Crippen LogP contribution in [0.3, 0.4) is 0 Å². The second-order valence-electron chi connectivity index (χ2n) is 12.2. The van der Waals surface area contributed by atoms with E-state index in [0.717, 1.165) is 11.6 Å². The van der Waals surface area contributed by atoms with Crippen molar-refractivity contribution in [3.05, 3.63) is 70.9 Å². The SMILES string of the molecule is O=C1Nc2ncccc2C2(CCN(C(=O)C[C@H]3CC[C@H](c4cccc(F)c4F)Cn4c3nnc4C3(C(F)(F)F)CC3)CC2)O1. The van der Waals surface area contributed by atoms with E-state index >= 15 is 0 Å². The van der Waals surface area contributed by atoms with E-state index in [4.69, 9.17) is 4.74 Å². The Labute approximate surface area is 248 Å². The van der Waals surface area contributed by atoms with Crippen LogP contribution in [0, 0.1) is 11.6 Å². The zero-order chi connectivity index (χ0) is 30.9. The van der Waals surface area contributed by atoms with Crippen LogP contribution in [0.15, 0.2) is 36.5 Å². The van der Waals surface area contributed by atoms with Crippen LogP contribution in [0.25, 0.3) is 0 Å². The molecule has 0 bridgehead atoms. The molecule has 232 valence electrons. The Balaban J connectivity index is 1.14. The lowest BCUT2D eigenvalue weighted by atomic mass is 9.83. The third kappa shape index (κ3) is 4.60. The number of carbonyl (C=O) groups excluding carboxylic acids is 2. The van der Waals surface area contributed by atoms with Crippen LogP contribution in [0.5, 0.6) is 0 Å². The van der Waals surface area contributed by atoms with Crippen LogP contribution in [0.2, 0.25) is 0 Å². The van der Waals surface area contributed by atoms with Gasteiger partial charge in [0, 0.05) is 62.5 Å². The molecule has 1 spiro atoms. The molecule has 9 nitrogen and oxygen atoms in total. The molecule has 2 aromatic heterocycles. The van der Waals surface area contributed by atoms with Gasteiger partial charge in [0.1, 0.15) is 28.5 Å². The van der Waals surface area contributed by atoms with Crippen LogP contribution in [0.4, 0.5) is 32.6 Å². The van der Waals surface area contributed by atoms with Crippen molar-refractivity contribution in [1.82, 2.24) is 24.6 Å². The van der Waals surface area contributed by atoms with Crippen LogP contribution in [-0.4, -0.2) is 55.9 Å². The number of amides is 2. The molecule has 1 aliphatic carbocycles. The highest BCUT2D eigenvalue weighted by Gasteiger charge is 2.67. The summed E-state index contributed by atoms with van der Waals surface area (Å²) in [4.78, 5) is 31.8. The lowest BCUT2D eigenvalue weighted by molar-refractivity contribution is -0.163. The zero-order valence-electron chi connectivity index (χ0n) is 23.5. The second kappa shape index (κ2) is 10.2. The number of pyridine rings is 1. The number of anilines is 1. The summed E-state index contributed by atoms with van der Waals surface area (Å²) in [6.45, 7) is 0.526. The monoisotopic (exact) mass is 616 g/mol. The molecule has 0 unspecified atom stereocenters. The molecule has 2 atom stereocenters. The molecule has 7 rings (SSSR count). The summed E-state index contributed by atoms with van der Waals surface area (Å²) in [6, 6.07) is 7.41.